The van der Waals surface area contributed by atoms with Crippen molar-refractivity contribution in [2.45, 2.75) is 12.8 Å². The van der Waals surface area contributed by atoms with Crippen molar-refractivity contribution >= 4 is 5.69 Å². The minimum atomic E-state index is -4.37. The third-order valence-corrected chi connectivity index (χ3v) is 1.60. The van der Waals surface area contributed by atoms with Gasteiger partial charge in [0.15, 0.2) is 0 Å². The molecular formula is C9H9F4NO. The summed E-state index contributed by atoms with van der Waals surface area (Å²) in [5.41, 5.74) is 5.46. The molecule has 0 unspecified atom stereocenters. The van der Waals surface area contributed by atoms with Gasteiger partial charge < -0.3 is 10.5 Å². The van der Waals surface area contributed by atoms with Gasteiger partial charge in [0.25, 0.3) is 0 Å². The Balaban J connectivity index is 2.48. The third-order valence-electron chi connectivity index (χ3n) is 1.60. The molecule has 84 valence electrons. The highest BCUT2D eigenvalue weighted by Crippen LogP contribution is 2.17. The highest BCUT2D eigenvalue weighted by molar-refractivity contribution is 5.41. The lowest BCUT2D eigenvalue weighted by molar-refractivity contribution is -0.176. The molecule has 0 radical (unpaired) electrons. The van der Waals surface area contributed by atoms with Crippen molar-refractivity contribution in [1.82, 2.24) is 0 Å². The second-order valence-corrected chi connectivity index (χ2v) is 2.96. The Kier molecular flexibility index (Phi) is 3.52. The zero-order valence-corrected chi connectivity index (χ0v) is 7.64. The number of alkyl halides is 3. The summed E-state index contributed by atoms with van der Waals surface area (Å²) < 4.78 is 52.2. The second-order valence-electron chi connectivity index (χ2n) is 2.96. The fraction of sp³-hybridized carbons (Fsp3) is 0.333. The molecule has 2 nitrogen and oxygen atoms in total. The van der Waals surface area contributed by atoms with Crippen LogP contribution in [0.4, 0.5) is 23.2 Å². The van der Waals surface area contributed by atoms with Crippen molar-refractivity contribution in [1.29, 1.82) is 0 Å². The Morgan fingerprint density at radius 3 is 2.47 bits per heavy atom. The number of nitrogens with two attached hydrogens (primary N) is 1. The van der Waals surface area contributed by atoms with Crippen LogP contribution in [0.3, 0.4) is 0 Å². The number of rotatable bonds is 3. The largest absolute Gasteiger partial charge is 0.411 e. The van der Waals surface area contributed by atoms with Crippen molar-refractivity contribution in [2.24, 2.45) is 0 Å². The van der Waals surface area contributed by atoms with Gasteiger partial charge in [-0.05, 0) is 17.7 Å². The minimum Gasteiger partial charge on any atom is -0.396 e. The monoisotopic (exact) mass is 223 g/mol. The minimum absolute atomic E-state index is 0.0467. The number of hydrogen-bond donors (Lipinski definition) is 1. The third kappa shape index (κ3) is 4.16. The smallest absolute Gasteiger partial charge is 0.396 e. The van der Waals surface area contributed by atoms with E-state index < -0.39 is 18.6 Å². The van der Waals surface area contributed by atoms with E-state index in [9.17, 15) is 17.6 Å². The van der Waals surface area contributed by atoms with Crippen LogP contribution in [0.1, 0.15) is 5.56 Å². The Hall–Kier alpha value is -1.30. The summed E-state index contributed by atoms with van der Waals surface area (Å²) in [4.78, 5) is 0. The van der Waals surface area contributed by atoms with E-state index in [-0.39, 0.29) is 12.3 Å². The van der Waals surface area contributed by atoms with E-state index in [0.29, 0.717) is 5.56 Å². The average Bonchev–Trinajstić information content (AvgIpc) is 2.09. The van der Waals surface area contributed by atoms with Gasteiger partial charge in [0, 0.05) is 0 Å². The molecule has 0 aliphatic heterocycles. The van der Waals surface area contributed by atoms with Crippen molar-refractivity contribution in [2.75, 3.05) is 12.3 Å². The van der Waals surface area contributed by atoms with Crippen LogP contribution in [-0.4, -0.2) is 12.8 Å². The molecular weight excluding hydrogens is 214 g/mol. The number of halogens is 4. The van der Waals surface area contributed by atoms with Gasteiger partial charge in [0.05, 0.1) is 12.3 Å². The predicted octanol–water partition coefficient (Wildman–Crippen LogP) is 2.49. The van der Waals surface area contributed by atoms with Gasteiger partial charge >= 0.3 is 6.18 Å². The van der Waals surface area contributed by atoms with Crippen LogP contribution in [0.2, 0.25) is 0 Å². The molecule has 2 N–H and O–H groups in total. The molecule has 15 heavy (non-hydrogen) atoms. The fourth-order valence-electron chi connectivity index (χ4n) is 0.945. The number of anilines is 1. The Bertz CT molecular complexity index is 337. The summed E-state index contributed by atoms with van der Waals surface area (Å²) in [5.74, 6) is -0.664. The first-order valence-electron chi connectivity index (χ1n) is 4.07. The first-order valence-corrected chi connectivity index (χ1v) is 4.07. The molecule has 0 atom stereocenters. The number of nitrogen functional groups attached to an aromatic ring is 1. The molecule has 0 saturated heterocycles. The van der Waals surface area contributed by atoms with Crippen molar-refractivity contribution < 1.29 is 22.3 Å². The zero-order valence-electron chi connectivity index (χ0n) is 7.64. The van der Waals surface area contributed by atoms with Crippen molar-refractivity contribution in [3.63, 3.8) is 0 Å². The van der Waals surface area contributed by atoms with E-state index in [2.05, 4.69) is 4.74 Å². The first-order chi connectivity index (χ1) is 6.88. The Morgan fingerprint density at radius 2 is 1.93 bits per heavy atom. The molecule has 0 heterocycles. The van der Waals surface area contributed by atoms with E-state index in [4.69, 9.17) is 5.73 Å². The molecule has 0 bridgehead atoms. The van der Waals surface area contributed by atoms with Gasteiger partial charge in [-0.3, -0.25) is 0 Å². The molecule has 0 aliphatic carbocycles. The molecule has 0 amide bonds. The van der Waals surface area contributed by atoms with Crippen LogP contribution in [0.15, 0.2) is 18.2 Å². The quantitative estimate of drug-likeness (QED) is 0.631. The normalized spacial score (nSPS) is 11.7. The maximum Gasteiger partial charge on any atom is 0.411 e. The fourth-order valence-corrected chi connectivity index (χ4v) is 0.945. The zero-order chi connectivity index (χ0) is 11.5. The number of benzene rings is 1. The lowest BCUT2D eigenvalue weighted by atomic mass is 10.2. The van der Waals surface area contributed by atoms with Gasteiger partial charge in [0.1, 0.15) is 12.4 Å². The lowest BCUT2D eigenvalue weighted by Gasteiger charge is -2.07. The molecule has 0 aromatic heterocycles. The van der Waals surface area contributed by atoms with Crippen LogP contribution in [0, 0.1) is 5.82 Å². The van der Waals surface area contributed by atoms with E-state index in [1.807, 2.05) is 0 Å². The van der Waals surface area contributed by atoms with Gasteiger partial charge in [0.2, 0.25) is 0 Å². The maximum absolute atomic E-state index is 12.8. The molecule has 1 aromatic rings. The van der Waals surface area contributed by atoms with Crippen molar-refractivity contribution in [3.8, 4) is 0 Å². The molecule has 0 spiro atoms. The lowest BCUT2D eigenvalue weighted by Crippen LogP contribution is -2.16. The molecule has 1 rings (SSSR count). The van der Waals surface area contributed by atoms with Gasteiger partial charge in [-0.25, -0.2) is 4.39 Å². The number of ether oxygens (including phenoxy) is 1. The molecule has 6 heteroatoms. The van der Waals surface area contributed by atoms with Crippen LogP contribution < -0.4 is 5.73 Å². The van der Waals surface area contributed by atoms with E-state index >= 15 is 0 Å². The molecule has 1 aromatic carbocycles. The summed E-state index contributed by atoms with van der Waals surface area (Å²) in [7, 11) is 0. The topological polar surface area (TPSA) is 35.2 Å². The van der Waals surface area contributed by atoms with E-state index in [0.717, 1.165) is 6.07 Å². The summed E-state index contributed by atoms with van der Waals surface area (Å²) in [6, 6.07) is 3.74. The van der Waals surface area contributed by atoms with Crippen molar-refractivity contribution in [3.05, 3.63) is 29.6 Å². The maximum atomic E-state index is 12.8. The Morgan fingerprint density at radius 1 is 1.27 bits per heavy atom. The average molecular weight is 223 g/mol. The standard InChI is InChI=1S/C9H9F4NO/c10-7-3-6(1-2-8(7)14)4-15-5-9(11,12)13/h1-3H,4-5,14H2. The van der Waals surface area contributed by atoms with Crippen LogP contribution in [-0.2, 0) is 11.3 Å². The van der Waals surface area contributed by atoms with Gasteiger partial charge in [-0.2, -0.15) is 13.2 Å². The first kappa shape index (κ1) is 11.8. The summed E-state index contributed by atoms with van der Waals surface area (Å²) in [5, 5.41) is 0. The van der Waals surface area contributed by atoms with E-state index in [1.54, 1.807) is 0 Å². The highest BCUT2D eigenvalue weighted by atomic mass is 19.4. The van der Waals surface area contributed by atoms with Crippen LogP contribution >= 0.6 is 0 Å². The highest BCUT2D eigenvalue weighted by Gasteiger charge is 2.27. The molecule has 0 aliphatic rings. The second kappa shape index (κ2) is 4.48. The number of hydrogen-bond acceptors (Lipinski definition) is 2. The molecule has 0 saturated carbocycles. The van der Waals surface area contributed by atoms with Crippen LogP contribution in [0.25, 0.3) is 0 Å². The summed E-state index contributed by atoms with van der Waals surface area (Å²) in [6.07, 6.45) is -4.37. The molecule has 0 fully saturated rings. The van der Waals surface area contributed by atoms with E-state index in [1.165, 1.54) is 12.1 Å². The summed E-state index contributed by atoms with van der Waals surface area (Å²) in [6.45, 7) is -1.64. The Labute approximate surface area is 83.6 Å². The predicted molar refractivity (Wildman–Crippen MR) is 46.5 cm³/mol. The van der Waals surface area contributed by atoms with Gasteiger partial charge in [-0.15, -0.1) is 0 Å². The SMILES string of the molecule is Nc1ccc(COCC(F)(F)F)cc1F. The van der Waals surface area contributed by atoms with Gasteiger partial charge in [-0.1, -0.05) is 6.07 Å². The van der Waals surface area contributed by atoms with Crippen LogP contribution in [0.5, 0.6) is 0 Å². The summed E-state index contributed by atoms with van der Waals surface area (Å²) >= 11 is 0.